The Morgan fingerprint density at radius 1 is 1.00 bits per heavy atom. The molecule has 112 valence electrons. The van der Waals surface area contributed by atoms with Gasteiger partial charge < -0.3 is 0 Å². The molecule has 0 saturated carbocycles. The molecule has 0 atom stereocenters. The molecule has 0 fully saturated rings. The molecule has 2 rings (SSSR count). The van der Waals surface area contributed by atoms with Crippen molar-refractivity contribution in [2.24, 2.45) is 0 Å². The number of rotatable bonds is 6. The van der Waals surface area contributed by atoms with Crippen LogP contribution in [0.2, 0.25) is 0 Å². The van der Waals surface area contributed by atoms with Gasteiger partial charge in [0.15, 0.2) is 0 Å². The normalized spacial score (nSPS) is 11.3. The zero-order valence-electron chi connectivity index (χ0n) is 11.8. The fourth-order valence-electron chi connectivity index (χ4n) is 1.95. The average molecular weight is 307 g/mol. The van der Waals surface area contributed by atoms with Crippen LogP contribution in [-0.4, -0.2) is 8.42 Å². The lowest BCUT2D eigenvalue weighted by molar-refractivity contribution is 0.601. The van der Waals surface area contributed by atoms with Crippen molar-refractivity contribution in [3.05, 3.63) is 59.9 Å². The van der Waals surface area contributed by atoms with Crippen LogP contribution in [0.25, 0.3) is 0 Å². The summed E-state index contributed by atoms with van der Waals surface area (Å²) in [5.74, 6) is -0.404. The third-order valence-corrected chi connectivity index (χ3v) is 4.55. The predicted molar refractivity (Wildman–Crippen MR) is 82.3 cm³/mol. The third kappa shape index (κ3) is 4.29. The summed E-state index contributed by atoms with van der Waals surface area (Å²) < 4.78 is 39.7. The topological polar surface area (TPSA) is 46.2 Å². The van der Waals surface area contributed by atoms with E-state index in [9.17, 15) is 12.8 Å². The Hall–Kier alpha value is -1.88. The predicted octanol–water partition coefficient (Wildman–Crippen LogP) is 3.97. The Balaban J connectivity index is 2.13. The Kier molecular flexibility index (Phi) is 4.96. The van der Waals surface area contributed by atoms with Gasteiger partial charge in [-0.3, -0.25) is 4.72 Å². The van der Waals surface area contributed by atoms with E-state index in [-0.39, 0.29) is 4.90 Å². The molecule has 0 radical (unpaired) electrons. The quantitative estimate of drug-likeness (QED) is 0.877. The van der Waals surface area contributed by atoms with E-state index in [1.54, 1.807) is 12.1 Å². The summed E-state index contributed by atoms with van der Waals surface area (Å²) in [5, 5.41) is 0. The van der Waals surface area contributed by atoms with Crippen molar-refractivity contribution in [3.8, 4) is 0 Å². The fraction of sp³-hybridized carbons (Fsp3) is 0.250. The van der Waals surface area contributed by atoms with E-state index in [0.29, 0.717) is 5.69 Å². The van der Waals surface area contributed by atoms with Crippen LogP contribution < -0.4 is 4.72 Å². The lowest BCUT2D eigenvalue weighted by Crippen LogP contribution is -2.12. The first-order chi connectivity index (χ1) is 10.0. The number of benzene rings is 2. The Bertz CT molecular complexity index is 679. The van der Waals surface area contributed by atoms with Gasteiger partial charge in [-0.1, -0.05) is 25.5 Å². The van der Waals surface area contributed by atoms with Crippen molar-refractivity contribution in [3.63, 3.8) is 0 Å². The smallest absolute Gasteiger partial charge is 0.261 e. The van der Waals surface area contributed by atoms with Crippen molar-refractivity contribution >= 4 is 15.7 Å². The summed E-state index contributed by atoms with van der Waals surface area (Å²) in [6.45, 7) is 2.12. The van der Waals surface area contributed by atoms with Gasteiger partial charge in [-0.2, -0.15) is 0 Å². The lowest BCUT2D eigenvalue weighted by Gasteiger charge is -2.08. The van der Waals surface area contributed by atoms with Gasteiger partial charge in [0, 0.05) is 5.69 Å². The van der Waals surface area contributed by atoms with Crippen LogP contribution in [0.5, 0.6) is 0 Å². The molecule has 1 N–H and O–H groups in total. The minimum absolute atomic E-state index is 0.201. The maximum Gasteiger partial charge on any atom is 0.261 e. The average Bonchev–Trinajstić information content (AvgIpc) is 2.48. The third-order valence-electron chi connectivity index (χ3n) is 3.15. The van der Waals surface area contributed by atoms with Gasteiger partial charge in [-0.05, 0) is 54.8 Å². The highest BCUT2D eigenvalue weighted by Crippen LogP contribution is 2.17. The van der Waals surface area contributed by atoms with Gasteiger partial charge in [0.1, 0.15) is 5.82 Å². The van der Waals surface area contributed by atoms with Crippen LogP contribution >= 0.6 is 0 Å². The summed E-state index contributed by atoms with van der Waals surface area (Å²) in [7, 11) is -3.64. The van der Waals surface area contributed by atoms with E-state index in [2.05, 4.69) is 11.6 Å². The van der Waals surface area contributed by atoms with Gasteiger partial charge in [-0.25, -0.2) is 12.8 Å². The summed E-state index contributed by atoms with van der Waals surface area (Å²) in [4.78, 5) is 0.201. The Morgan fingerprint density at radius 3 is 2.19 bits per heavy atom. The summed E-state index contributed by atoms with van der Waals surface area (Å²) in [6, 6.07) is 12.1. The van der Waals surface area contributed by atoms with E-state index in [1.165, 1.54) is 24.3 Å². The number of hydrogen-bond acceptors (Lipinski definition) is 2. The van der Waals surface area contributed by atoms with Gasteiger partial charge in [0.2, 0.25) is 0 Å². The molecule has 0 unspecified atom stereocenters. The molecule has 0 amide bonds. The number of aryl methyl sites for hydroxylation is 1. The van der Waals surface area contributed by atoms with E-state index < -0.39 is 15.8 Å². The monoisotopic (exact) mass is 307 g/mol. The maximum absolute atomic E-state index is 12.8. The zero-order valence-corrected chi connectivity index (χ0v) is 12.7. The molecule has 2 aromatic rings. The van der Waals surface area contributed by atoms with Gasteiger partial charge >= 0.3 is 0 Å². The molecule has 0 bridgehead atoms. The summed E-state index contributed by atoms with van der Waals surface area (Å²) >= 11 is 0. The summed E-state index contributed by atoms with van der Waals surface area (Å²) in [6.07, 6.45) is 3.13. The molecule has 0 heterocycles. The molecular formula is C16H18FNO2S. The molecule has 0 aromatic heterocycles. The maximum atomic E-state index is 12.8. The first kappa shape index (κ1) is 15.5. The standard InChI is InChI=1S/C16H18FNO2S/c1-2-3-4-13-5-11-16(12-6-13)21(19,20)18-15-9-7-14(17)8-10-15/h5-12,18H,2-4H2,1H3. The SMILES string of the molecule is CCCCc1ccc(S(=O)(=O)Nc2ccc(F)cc2)cc1. The molecule has 5 heteroatoms. The Labute approximate surface area is 124 Å². The molecule has 0 spiro atoms. The van der Waals surface area contributed by atoms with Gasteiger partial charge in [0.05, 0.1) is 4.90 Å². The molecular weight excluding hydrogens is 289 g/mol. The summed E-state index contributed by atoms with van der Waals surface area (Å²) in [5.41, 5.74) is 1.46. The van der Waals surface area contributed by atoms with E-state index in [0.717, 1.165) is 24.8 Å². The van der Waals surface area contributed by atoms with Crippen LogP contribution in [0.4, 0.5) is 10.1 Å². The van der Waals surface area contributed by atoms with E-state index >= 15 is 0 Å². The second kappa shape index (κ2) is 6.72. The fourth-order valence-corrected chi connectivity index (χ4v) is 3.01. The molecule has 3 nitrogen and oxygen atoms in total. The molecule has 0 aliphatic heterocycles. The molecule has 0 aliphatic rings. The second-order valence-electron chi connectivity index (χ2n) is 4.86. The first-order valence-corrected chi connectivity index (χ1v) is 8.37. The molecule has 0 aliphatic carbocycles. The van der Waals surface area contributed by atoms with Crippen molar-refractivity contribution in [2.75, 3.05) is 4.72 Å². The highest BCUT2D eigenvalue weighted by Gasteiger charge is 2.13. The molecule has 0 saturated heterocycles. The zero-order chi connectivity index (χ0) is 15.3. The number of hydrogen-bond donors (Lipinski definition) is 1. The van der Waals surface area contributed by atoms with Crippen LogP contribution in [0, 0.1) is 5.82 Å². The van der Waals surface area contributed by atoms with Crippen LogP contribution in [-0.2, 0) is 16.4 Å². The van der Waals surface area contributed by atoms with Gasteiger partial charge in [-0.15, -0.1) is 0 Å². The van der Waals surface area contributed by atoms with Crippen molar-refractivity contribution in [2.45, 2.75) is 31.1 Å². The highest BCUT2D eigenvalue weighted by atomic mass is 32.2. The van der Waals surface area contributed by atoms with E-state index in [1.807, 2.05) is 12.1 Å². The van der Waals surface area contributed by atoms with Crippen molar-refractivity contribution in [1.82, 2.24) is 0 Å². The molecule has 21 heavy (non-hydrogen) atoms. The lowest BCUT2D eigenvalue weighted by atomic mass is 10.1. The minimum Gasteiger partial charge on any atom is -0.280 e. The van der Waals surface area contributed by atoms with Gasteiger partial charge in [0.25, 0.3) is 10.0 Å². The largest absolute Gasteiger partial charge is 0.280 e. The minimum atomic E-state index is -3.64. The van der Waals surface area contributed by atoms with E-state index in [4.69, 9.17) is 0 Å². The number of unbranched alkanes of at least 4 members (excludes halogenated alkanes) is 1. The van der Waals surface area contributed by atoms with Crippen LogP contribution in [0.3, 0.4) is 0 Å². The van der Waals surface area contributed by atoms with Crippen molar-refractivity contribution in [1.29, 1.82) is 0 Å². The molecule has 2 aromatic carbocycles. The highest BCUT2D eigenvalue weighted by molar-refractivity contribution is 7.92. The number of nitrogens with one attached hydrogen (secondary N) is 1. The van der Waals surface area contributed by atoms with Crippen LogP contribution in [0.15, 0.2) is 53.4 Å². The number of anilines is 1. The number of halogens is 1. The number of sulfonamides is 1. The second-order valence-corrected chi connectivity index (χ2v) is 6.54. The first-order valence-electron chi connectivity index (χ1n) is 6.88. The van der Waals surface area contributed by atoms with Crippen LogP contribution in [0.1, 0.15) is 25.3 Å². The van der Waals surface area contributed by atoms with Crippen molar-refractivity contribution < 1.29 is 12.8 Å². The Morgan fingerprint density at radius 2 is 1.62 bits per heavy atom.